The van der Waals surface area contributed by atoms with E-state index in [1.807, 2.05) is 12.3 Å². The third-order valence-corrected chi connectivity index (χ3v) is 3.56. The Bertz CT molecular complexity index is 539. The van der Waals surface area contributed by atoms with Crippen molar-refractivity contribution in [2.75, 3.05) is 17.3 Å². The Balaban J connectivity index is 2.58. The highest BCUT2D eigenvalue weighted by Crippen LogP contribution is 2.08. The first-order chi connectivity index (χ1) is 10.9. The molecule has 7 nitrogen and oxygen atoms in total. The van der Waals surface area contributed by atoms with Gasteiger partial charge >= 0.3 is 12.0 Å². The second kappa shape index (κ2) is 9.73. The molecule has 0 bridgehead atoms. The molecule has 0 radical (unpaired) electrons. The van der Waals surface area contributed by atoms with Gasteiger partial charge in [-0.1, -0.05) is 18.2 Å². The molecule has 1 aromatic rings. The Morgan fingerprint density at radius 3 is 2.48 bits per heavy atom. The number of nitrogens with two attached hydrogens (primary N) is 1. The van der Waals surface area contributed by atoms with E-state index in [1.54, 1.807) is 24.3 Å². The summed E-state index contributed by atoms with van der Waals surface area (Å²) in [6.45, 7) is 1.46. The quantitative estimate of drug-likeness (QED) is 0.619. The molecule has 0 heterocycles. The van der Waals surface area contributed by atoms with Gasteiger partial charge in [0.1, 0.15) is 6.04 Å². The minimum Gasteiger partial charge on any atom is -0.451 e. The van der Waals surface area contributed by atoms with Gasteiger partial charge in [-0.25, -0.2) is 9.59 Å². The zero-order valence-electron chi connectivity index (χ0n) is 13.1. The van der Waals surface area contributed by atoms with Crippen LogP contribution in [0.4, 0.5) is 10.5 Å². The van der Waals surface area contributed by atoms with Gasteiger partial charge in [-0.3, -0.25) is 4.79 Å². The zero-order chi connectivity index (χ0) is 17.2. The monoisotopic (exact) mass is 339 g/mol. The topological polar surface area (TPSA) is 111 Å². The smallest absolute Gasteiger partial charge is 0.329 e. The lowest BCUT2D eigenvalue weighted by Crippen LogP contribution is -2.46. The van der Waals surface area contributed by atoms with Gasteiger partial charge in [-0.2, -0.15) is 11.8 Å². The number of amides is 3. The summed E-state index contributed by atoms with van der Waals surface area (Å²) in [6.07, 6.45) is 1.26. The van der Waals surface area contributed by atoms with Crippen LogP contribution in [0, 0.1) is 0 Å². The fourth-order valence-electron chi connectivity index (χ4n) is 1.73. The van der Waals surface area contributed by atoms with Crippen molar-refractivity contribution < 1.29 is 19.1 Å². The Hall–Kier alpha value is -2.22. The third kappa shape index (κ3) is 7.05. The number of hydrogen-bond donors (Lipinski definition) is 3. The first kappa shape index (κ1) is 18.8. The van der Waals surface area contributed by atoms with Gasteiger partial charge in [0.05, 0.1) is 0 Å². The molecule has 0 fully saturated rings. The number of anilines is 1. The minimum absolute atomic E-state index is 0.371. The summed E-state index contributed by atoms with van der Waals surface area (Å²) in [5.74, 6) is -0.495. The number of primary amides is 1. The Kier molecular flexibility index (Phi) is 7.96. The summed E-state index contributed by atoms with van der Waals surface area (Å²) in [5, 5.41) is 4.97. The van der Waals surface area contributed by atoms with E-state index >= 15 is 0 Å². The van der Waals surface area contributed by atoms with E-state index in [9.17, 15) is 14.4 Å². The van der Waals surface area contributed by atoms with Crippen molar-refractivity contribution in [2.24, 2.45) is 5.73 Å². The second-order valence-electron chi connectivity index (χ2n) is 4.78. The van der Waals surface area contributed by atoms with Crippen molar-refractivity contribution in [2.45, 2.75) is 25.5 Å². The van der Waals surface area contributed by atoms with E-state index in [4.69, 9.17) is 10.5 Å². The number of thioether (sulfide) groups is 1. The predicted molar refractivity (Wildman–Crippen MR) is 90.1 cm³/mol. The van der Waals surface area contributed by atoms with Crippen molar-refractivity contribution in [1.82, 2.24) is 5.32 Å². The van der Waals surface area contributed by atoms with Gasteiger partial charge in [0, 0.05) is 5.69 Å². The number of hydrogen-bond acceptors (Lipinski definition) is 5. The van der Waals surface area contributed by atoms with Crippen molar-refractivity contribution in [1.29, 1.82) is 0 Å². The van der Waals surface area contributed by atoms with Gasteiger partial charge in [-0.15, -0.1) is 0 Å². The molecule has 0 unspecified atom stereocenters. The van der Waals surface area contributed by atoms with Gasteiger partial charge < -0.3 is 21.1 Å². The van der Waals surface area contributed by atoms with Crippen LogP contribution in [0.25, 0.3) is 0 Å². The molecule has 4 N–H and O–H groups in total. The number of ether oxygens (including phenoxy) is 1. The molecule has 1 aromatic carbocycles. The highest BCUT2D eigenvalue weighted by Gasteiger charge is 2.25. The van der Waals surface area contributed by atoms with Crippen LogP contribution in [0.1, 0.15) is 13.3 Å². The summed E-state index contributed by atoms with van der Waals surface area (Å²) >= 11 is 1.52. The van der Waals surface area contributed by atoms with E-state index in [0.717, 1.165) is 0 Å². The SMILES string of the molecule is CSCC[C@@H](NC(N)=O)C(=O)O[C@@H](C)C(=O)Nc1ccccc1. The molecule has 0 saturated carbocycles. The highest BCUT2D eigenvalue weighted by atomic mass is 32.2. The number of nitrogens with one attached hydrogen (secondary N) is 2. The molecule has 0 saturated heterocycles. The first-order valence-corrected chi connectivity index (χ1v) is 8.44. The number of carbonyl (C=O) groups excluding carboxylic acids is 3. The molecule has 126 valence electrons. The van der Waals surface area contributed by atoms with Crippen LogP contribution in [0.15, 0.2) is 30.3 Å². The number of para-hydroxylation sites is 1. The summed E-state index contributed by atoms with van der Waals surface area (Å²) in [7, 11) is 0. The van der Waals surface area contributed by atoms with Crippen LogP contribution in [0.2, 0.25) is 0 Å². The summed E-state index contributed by atoms with van der Waals surface area (Å²) in [6, 6.07) is 7.15. The summed E-state index contributed by atoms with van der Waals surface area (Å²) in [5.41, 5.74) is 5.66. The minimum atomic E-state index is -0.992. The molecule has 0 spiro atoms. The maximum absolute atomic E-state index is 12.1. The number of esters is 1. The van der Waals surface area contributed by atoms with E-state index in [-0.39, 0.29) is 0 Å². The normalized spacial score (nSPS) is 12.8. The molecule has 8 heteroatoms. The maximum Gasteiger partial charge on any atom is 0.329 e. The van der Waals surface area contributed by atoms with E-state index in [0.29, 0.717) is 17.9 Å². The van der Waals surface area contributed by atoms with Crippen LogP contribution >= 0.6 is 11.8 Å². The molecule has 3 amide bonds. The highest BCUT2D eigenvalue weighted by molar-refractivity contribution is 7.98. The maximum atomic E-state index is 12.1. The fraction of sp³-hybridized carbons (Fsp3) is 0.400. The zero-order valence-corrected chi connectivity index (χ0v) is 13.9. The summed E-state index contributed by atoms with van der Waals surface area (Å²) in [4.78, 5) is 35.0. The molecule has 0 aliphatic rings. The lowest BCUT2D eigenvalue weighted by Gasteiger charge is -2.19. The fourth-order valence-corrected chi connectivity index (χ4v) is 2.20. The average molecular weight is 339 g/mol. The molecule has 23 heavy (non-hydrogen) atoms. The Morgan fingerprint density at radius 2 is 1.91 bits per heavy atom. The van der Waals surface area contributed by atoms with Gasteiger partial charge in [0.15, 0.2) is 6.10 Å². The average Bonchev–Trinajstić information content (AvgIpc) is 2.51. The second-order valence-corrected chi connectivity index (χ2v) is 5.76. The van der Waals surface area contributed by atoms with Gasteiger partial charge in [0.25, 0.3) is 5.91 Å². The van der Waals surface area contributed by atoms with Crippen LogP contribution in [0.3, 0.4) is 0 Å². The van der Waals surface area contributed by atoms with Crippen LogP contribution in [-0.2, 0) is 14.3 Å². The lowest BCUT2D eigenvalue weighted by molar-refractivity contribution is -0.155. The number of benzene rings is 1. The molecule has 0 aliphatic carbocycles. The molecular weight excluding hydrogens is 318 g/mol. The van der Waals surface area contributed by atoms with E-state index < -0.39 is 30.1 Å². The van der Waals surface area contributed by atoms with Gasteiger partial charge in [0.2, 0.25) is 0 Å². The van der Waals surface area contributed by atoms with Crippen molar-refractivity contribution >= 4 is 35.4 Å². The number of rotatable bonds is 8. The third-order valence-electron chi connectivity index (χ3n) is 2.92. The largest absolute Gasteiger partial charge is 0.451 e. The molecule has 0 aromatic heterocycles. The molecule has 2 atom stereocenters. The van der Waals surface area contributed by atoms with Crippen LogP contribution in [-0.4, -0.2) is 42.1 Å². The van der Waals surface area contributed by atoms with Crippen LogP contribution in [0.5, 0.6) is 0 Å². The van der Waals surface area contributed by atoms with Gasteiger partial charge in [-0.05, 0) is 37.5 Å². The Labute approximate surface area is 139 Å². The van der Waals surface area contributed by atoms with E-state index in [2.05, 4.69) is 10.6 Å². The standard InChI is InChI=1S/C15H21N3O4S/c1-10(13(19)17-11-6-4-3-5-7-11)22-14(20)12(8-9-23-2)18-15(16)21/h3-7,10,12H,8-9H2,1-2H3,(H,17,19)(H3,16,18,21)/t10-,12+/m0/s1. The van der Waals surface area contributed by atoms with Crippen molar-refractivity contribution in [3.8, 4) is 0 Å². The van der Waals surface area contributed by atoms with Crippen LogP contribution < -0.4 is 16.4 Å². The molecule has 0 aliphatic heterocycles. The van der Waals surface area contributed by atoms with Crippen molar-refractivity contribution in [3.63, 3.8) is 0 Å². The molecule has 1 rings (SSSR count). The molecular formula is C15H21N3O4S. The predicted octanol–water partition coefficient (Wildman–Crippen LogP) is 1.35. The lowest BCUT2D eigenvalue weighted by atomic mass is 10.2. The van der Waals surface area contributed by atoms with Crippen molar-refractivity contribution in [3.05, 3.63) is 30.3 Å². The number of urea groups is 1. The number of carbonyl (C=O) groups is 3. The first-order valence-electron chi connectivity index (χ1n) is 7.05. The Morgan fingerprint density at radius 1 is 1.26 bits per heavy atom. The summed E-state index contributed by atoms with van der Waals surface area (Å²) < 4.78 is 5.11. The van der Waals surface area contributed by atoms with E-state index in [1.165, 1.54) is 18.7 Å².